The van der Waals surface area contributed by atoms with E-state index in [1.54, 1.807) is 0 Å². The number of Topliss-reactive ketones (excluding diaryl/α,β-unsaturated/α-hetero) is 1. The number of fused-ring (bicyclic) bond motifs is 5. The Morgan fingerprint density at radius 2 is 1.89 bits per heavy atom. The van der Waals surface area contributed by atoms with E-state index in [4.69, 9.17) is 5.73 Å². The second-order valence-corrected chi connectivity index (χ2v) is 9.86. The quantitative estimate of drug-likeness (QED) is 0.742. The summed E-state index contributed by atoms with van der Waals surface area (Å²) in [6.45, 7) is 10.3. The Morgan fingerprint density at radius 1 is 1.21 bits per heavy atom. The lowest BCUT2D eigenvalue weighted by atomic mass is 9.45. The highest BCUT2D eigenvalue weighted by atomic mass is 16.3. The fraction of sp³-hybridized carbons (Fsp3) is 0.833. The fourth-order valence-electron chi connectivity index (χ4n) is 7.52. The second kappa shape index (κ2) is 7.36. The van der Waals surface area contributed by atoms with Crippen LogP contribution in [-0.2, 0) is 9.59 Å². The number of aliphatic hydroxyl groups is 1. The van der Waals surface area contributed by atoms with Crippen LogP contribution in [-0.4, -0.2) is 28.3 Å². The van der Waals surface area contributed by atoms with Gasteiger partial charge in [-0.15, -0.1) is 0 Å². The van der Waals surface area contributed by atoms with Crippen molar-refractivity contribution in [3.05, 3.63) is 11.6 Å². The molecule has 7 atom stereocenters. The number of hydrogen-bond donors (Lipinski definition) is 2. The van der Waals surface area contributed by atoms with Gasteiger partial charge < -0.3 is 10.8 Å². The molecule has 0 aromatic rings. The third-order valence-electron chi connectivity index (χ3n) is 8.97. The molecule has 28 heavy (non-hydrogen) atoms. The molecule has 4 aliphatic carbocycles. The molecule has 6 unspecified atom stereocenters. The van der Waals surface area contributed by atoms with Crippen molar-refractivity contribution in [3.8, 4) is 0 Å². The summed E-state index contributed by atoms with van der Waals surface area (Å²) in [7, 11) is 0. The van der Waals surface area contributed by atoms with E-state index in [9.17, 15) is 14.7 Å². The SMILES string of the molecule is CC.CCC(=O)[C@@]1(N)CCC2C3CCC4=CC(=O)CCC4(C)C3C(O)CC21C. The molecule has 0 aromatic carbocycles. The van der Waals surface area contributed by atoms with Gasteiger partial charge in [0.1, 0.15) is 0 Å². The first-order chi connectivity index (χ1) is 13.2. The minimum Gasteiger partial charge on any atom is -0.393 e. The van der Waals surface area contributed by atoms with E-state index in [0.717, 1.165) is 32.1 Å². The first kappa shape index (κ1) is 21.7. The van der Waals surface area contributed by atoms with Gasteiger partial charge in [-0.1, -0.05) is 40.2 Å². The number of hydrogen-bond acceptors (Lipinski definition) is 4. The van der Waals surface area contributed by atoms with Crippen LogP contribution < -0.4 is 5.73 Å². The Bertz CT molecular complexity index is 685. The minimum absolute atomic E-state index is 0.0772. The molecule has 3 fully saturated rings. The van der Waals surface area contributed by atoms with Crippen molar-refractivity contribution in [3.63, 3.8) is 0 Å². The van der Waals surface area contributed by atoms with E-state index in [1.165, 1.54) is 5.57 Å². The Morgan fingerprint density at radius 3 is 2.54 bits per heavy atom. The summed E-state index contributed by atoms with van der Waals surface area (Å²) in [5, 5.41) is 11.3. The molecule has 4 heteroatoms. The first-order valence-electron chi connectivity index (χ1n) is 11.4. The van der Waals surface area contributed by atoms with Gasteiger partial charge in [-0.05, 0) is 73.2 Å². The van der Waals surface area contributed by atoms with Gasteiger partial charge in [-0.25, -0.2) is 0 Å². The third-order valence-corrected chi connectivity index (χ3v) is 8.97. The molecule has 4 rings (SSSR count). The van der Waals surface area contributed by atoms with Crippen LogP contribution in [0, 0.1) is 28.6 Å². The van der Waals surface area contributed by atoms with E-state index in [2.05, 4.69) is 13.8 Å². The molecule has 0 aromatic heterocycles. The normalized spacial score (nSPS) is 47.1. The minimum atomic E-state index is -0.794. The summed E-state index contributed by atoms with van der Waals surface area (Å²) < 4.78 is 0. The molecule has 3 saturated carbocycles. The summed E-state index contributed by atoms with van der Waals surface area (Å²) in [6.07, 6.45) is 7.61. The number of nitrogens with two attached hydrogens (primary N) is 1. The zero-order valence-corrected chi connectivity index (χ0v) is 18.4. The monoisotopic (exact) mass is 389 g/mol. The van der Waals surface area contributed by atoms with Gasteiger partial charge in [0.15, 0.2) is 11.6 Å². The van der Waals surface area contributed by atoms with Gasteiger partial charge in [0.2, 0.25) is 0 Å². The van der Waals surface area contributed by atoms with Crippen LogP contribution in [0.3, 0.4) is 0 Å². The van der Waals surface area contributed by atoms with Crippen LogP contribution in [0.1, 0.15) is 86.0 Å². The lowest BCUT2D eigenvalue weighted by molar-refractivity contribution is -0.148. The Kier molecular flexibility index (Phi) is 5.70. The summed E-state index contributed by atoms with van der Waals surface area (Å²) in [5.74, 6) is 1.37. The van der Waals surface area contributed by atoms with Gasteiger partial charge in [0, 0.05) is 12.8 Å². The number of allylic oxidation sites excluding steroid dienone is 1. The van der Waals surface area contributed by atoms with Crippen molar-refractivity contribution in [1.82, 2.24) is 0 Å². The van der Waals surface area contributed by atoms with E-state index in [-0.39, 0.29) is 28.3 Å². The van der Waals surface area contributed by atoms with Crippen molar-refractivity contribution in [2.24, 2.45) is 34.3 Å². The molecule has 0 bridgehead atoms. The maximum absolute atomic E-state index is 12.7. The zero-order valence-electron chi connectivity index (χ0n) is 18.4. The molecule has 4 aliphatic rings. The molecule has 0 spiro atoms. The highest BCUT2D eigenvalue weighted by molar-refractivity contribution is 5.91. The van der Waals surface area contributed by atoms with E-state index in [0.29, 0.717) is 31.1 Å². The lowest BCUT2D eigenvalue weighted by Gasteiger charge is -2.60. The van der Waals surface area contributed by atoms with Crippen molar-refractivity contribution in [2.75, 3.05) is 0 Å². The van der Waals surface area contributed by atoms with E-state index in [1.807, 2.05) is 26.8 Å². The number of ketones is 2. The predicted octanol–water partition coefficient (Wildman–Crippen LogP) is 4.19. The van der Waals surface area contributed by atoms with Crippen LogP contribution in [0.2, 0.25) is 0 Å². The Balaban J connectivity index is 0.00000109. The van der Waals surface area contributed by atoms with Crippen molar-refractivity contribution < 1.29 is 14.7 Å². The Labute approximate surface area is 170 Å². The summed E-state index contributed by atoms with van der Waals surface area (Å²) in [5.41, 5.74) is 6.81. The van der Waals surface area contributed by atoms with Crippen molar-refractivity contribution in [1.29, 1.82) is 0 Å². The third kappa shape index (κ3) is 2.78. The van der Waals surface area contributed by atoms with Gasteiger partial charge in [0.25, 0.3) is 0 Å². The zero-order chi connectivity index (χ0) is 20.9. The summed E-state index contributed by atoms with van der Waals surface area (Å²) in [4.78, 5) is 24.7. The molecule has 0 radical (unpaired) electrons. The average molecular weight is 390 g/mol. The highest BCUT2D eigenvalue weighted by Crippen LogP contribution is 2.67. The molecule has 0 heterocycles. The molecule has 3 N–H and O–H groups in total. The highest BCUT2D eigenvalue weighted by Gasteiger charge is 2.67. The van der Waals surface area contributed by atoms with Gasteiger partial charge >= 0.3 is 0 Å². The number of carbonyl (C=O) groups is 2. The maximum atomic E-state index is 12.7. The molecule has 0 saturated heterocycles. The maximum Gasteiger partial charge on any atom is 0.155 e. The van der Waals surface area contributed by atoms with Crippen LogP contribution in [0.25, 0.3) is 0 Å². The number of carbonyl (C=O) groups excluding carboxylic acids is 2. The Hall–Kier alpha value is -1.00. The largest absolute Gasteiger partial charge is 0.393 e. The topological polar surface area (TPSA) is 80.4 Å². The van der Waals surface area contributed by atoms with Gasteiger partial charge in [-0.2, -0.15) is 0 Å². The number of aliphatic hydroxyl groups excluding tert-OH is 1. The molecular formula is C24H39NO3. The van der Waals surface area contributed by atoms with Gasteiger partial charge in [-0.3, -0.25) is 9.59 Å². The van der Waals surface area contributed by atoms with Crippen LogP contribution in [0.5, 0.6) is 0 Å². The van der Waals surface area contributed by atoms with E-state index < -0.39 is 11.6 Å². The van der Waals surface area contributed by atoms with Crippen LogP contribution in [0.15, 0.2) is 11.6 Å². The smallest absolute Gasteiger partial charge is 0.155 e. The summed E-state index contributed by atoms with van der Waals surface area (Å²) in [6, 6.07) is 0. The molecule has 4 nitrogen and oxygen atoms in total. The molecule has 158 valence electrons. The van der Waals surface area contributed by atoms with Crippen LogP contribution >= 0.6 is 0 Å². The van der Waals surface area contributed by atoms with Crippen molar-refractivity contribution in [2.45, 2.75) is 97.6 Å². The molecular weight excluding hydrogens is 350 g/mol. The van der Waals surface area contributed by atoms with Crippen molar-refractivity contribution >= 4 is 11.6 Å². The fourth-order valence-corrected chi connectivity index (χ4v) is 7.52. The standard InChI is InChI=1S/C22H33NO3.C2H6/c1-4-18(26)22(23)10-8-16-15-6-5-13-11-14(24)7-9-20(13,2)19(15)17(25)12-21(16,22)3;1-2/h11,15-17,19,25H,4-10,12,23H2,1-3H3;1-2H3/t15?,16?,17?,19?,20?,21?,22-;/m0./s1. The predicted molar refractivity (Wildman–Crippen MR) is 112 cm³/mol. The lowest BCUT2D eigenvalue weighted by Crippen LogP contribution is -2.64. The van der Waals surface area contributed by atoms with Crippen LogP contribution in [0.4, 0.5) is 0 Å². The summed E-state index contributed by atoms with van der Waals surface area (Å²) >= 11 is 0. The first-order valence-corrected chi connectivity index (χ1v) is 11.4. The van der Waals surface area contributed by atoms with Gasteiger partial charge in [0.05, 0.1) is 11.6 Å². The average Bonchev–Trinajstić information content (AvgIpc) is 2.94. The van der Waals surface area contributed by atoms with E-state index >= 15 is 0 Å². The molecule has 0 aliphatic heterocycles. The molecule has 0 amide bonds. The number of rotatable bonds is 2. The second-order valence-electron chi connectivity index (χ2n) is 9.86.